The molecular weight excluding hydrogens is 176 g/mol. The highest BCUT2D eigenvalue weighted by molar-refractivity contribution is 5.52. The Balaban J connectivity index is 2.05. The van der Waals surface area contributed by atoms with Gasteiger partial charge in [-0.15, -0.1) is 0 Å². The Labute approximate surface area is 84.1 Å². The lowest BCUT2D eigenvalue weighted by Gasteiger charge is -2.31. The van der Waals surface area contributed by atoms with Crippen molar-refractivity contribution in [2.24, 2.45) is 0 Å². The zero-order valence-electron chi connectivity index (χ0n) is 8.11. The normalized spacial score (nSPS) is 18.5. The third-order valence-electron chi connectivity index (χ3n) is 2.70. The van der Waals surface area contributed by atoms with Gasteiger partial charge in [0.1, 0.15) is 0 Å². The van der Waals surface area contributed by atoms with E-state index in [1.54, 1.807) is 12.1 Å². The molecule has 2 N–H and O–H groups in total. The van der Waals surface area contributed by atoms with Crippen LogP contribution in [0.2, 0.25) is 0 Å². The van der Waals surface area contributed by atoms with Crippen molar-refractivity contribution in [1.29, 1.82) is 0 Å². The van der Waals surface area contributed by atoms with Crippen LogP contribution in [-0.4, -0.2) is 24.3 Å². The van der Waals surface area contributed by atoms with Gasteiger partial charge < -0.3 is 15.7 Å². The maximum Gasteiger partial charge on any atom is 0.0574 e. The molecule has 1 aromatic rings. The van der Waals surface area contributed by atoms with E-state index in [-0.39, 0.29) is 6.10 Å². The summed E-state index contributed by atoms with van der Waals surface area (Å²) in [6, 6.07) is 7.56. The van der Waals surface area contributed by atoms with Crippen molar-refractivity contribution < 1.29 is 5.11 Å². The molecule has 0 aromatic heterocycles. The van der Waals surface area contributed by atoms with Crippen LogP contribution in [0.5, 0.6) is 0 Å². The minimum Gasteiger partial charge on any atom is -0.393 e. The first-order valence-electron chi connectivity index (χ1n) is 5.00. The van der Waals surface area contributed by atoms with Crippen LogP contribution in [-0.2, 0) is 0 Å². The smallest absolute Gasteiger partial charge is 0.0574 e. The minimum atomic E-state index is -0.123. The number of nitrogens with one attached hydrogen (secondary N) is 1. The molecule has 1 heterocycles. The number of hydrogen-bond acceptors (Lipinski definition) is 2. The van der Waals surface area contributed by atoms with Gasteiger partial charge in [-0.05, 0) is 37.1 Å². The molecule has 0 bridgehead atoms. The first-order chi connectivity index (χ1) is 6.75. The van der Waals surface area contributed by atoms with E-state index in [4.69, 9.17) is 5.73 Å². The van der Waals surface area contributed by atoms with Crippen molar-refractivity contribution >= 4 is 11.4 Å². The predicted molar refractivity (Wildman–Crippen MR) is 56.7 cm³/mol. The molecular formula is C11H15N2O. The fourth-order valence-electron chi connectivity index (χ4n) is 1.80. The van der Waals surface area contributed by atoms with E-state index in [0.717, 1.165) is 31.6 Å². The number of benzene rings is 1. The number of hydrogen-bond donors (Lipinski definition) is 1. The zero-order valence-corrected chi connectivity index (χ0v) is 8.11. The molecule has 1 aliphatic heterocycles. The molecule has 1 aliphatic rings. The van der Waals surface area contributed by atoms with Crippen molar-refractivity contribution in [2.45, 2.75) is 18.9 Å². The SMILES string of the molecule is [NH]c1ccc(N2CCC(O)CC2)cc1. The molecule has 1 saturated heterocycles. The number of rotatable bonds is 1. The number of anilines is 1. The van der Waals surface area contributed by atoms with Crippen LogP contribution in [0.15, 0.2) is 24.3 Å². The van der Waals surface area contributed by atoms with Gasteiger partial charge in [-0.2, -0.15) is 0 Å². The van der Waals surface area contributed by atoms with Crippen LogP contribution in [0.25, 0.3) is 0 Å². The van der Waals surface area contributed by atoms with Gasteiger partial charge in [0.25, 0.3) is 0 Å². The Bertz CT molecular complexity index is 289. The van der Waals surface area contributed by atoms with E-state index < -0.39 is 0 Å². The maximum absolute atomic E-state index is 9.36. The van der Waals surface area contributed by atoms with Gasteiger partial charge in [-0.25, -0.2) is 0 Å². The van der Waals surface area contributed by atoms with Crippen molar-refractivity contribution in [3.8, 4) is 0 Å². The van der Waals surface area contributed by atoms with Crippen molar-refractivity contribution in [2.75, 3.05) is 18.0 Å². The molecule has 2 rings (SSSR count). The summed E-state index contributed by atoms with van der Waals surface area (Å²) in [6.45, 7) is 1.83. The third kappa shape index (κ3) is 1.99. The van der Waals surface area contributed by atoms with Crippen LogP contribution in [0, 0.1) is 0 Å². The summed E-state index contributed by atoms with van der Waals surface area (Å²) < 4.78 is 0. The average Bonchev–Trinajstić information content (AvgIpc) is 2.21. The van der Waals surface area contributed by atoms with Crippen molar-refractivity contribution in [3.63, 3.8) is 0 Å². The number of aliphatic hydroxyl groups excluding tert-OH is 1. The Morgan fingerprint density at radius 1 is 1.14 bits per heavy atom. The summed E-state index contributed by atoms with van der Waals surface area (Å²) in [4.78, 5) is 2.26. The number of piperidine rings is 1. The van der Waals surface area contributed by atoms with E-state index in [9.17, 15) is 5.11 Å². The van der Waals surface area contributed by atoms with Gasteiger partial charge in [-0.3, -0.25) is 0 Å². The molecule has 1 fully saturated rings. The topological polar surface area (TPSA) is 47.3 Å². The highest BCUT2D eigenvalue weighted by Gasteiger charge is 2.16. The van der Waals surface area contributed by atoms with E-state index >= 15 is 0 Å². The largest absolute Gasteiger partial charge is 0.393 e. The van der Waals surface area contributed by atoms with Crippen LogP contribution < -0.4 is 10.6 Å². The molecule has 1 radical (unpaired) electrons. The van der Waals surface area contributed by atoms with E-state index in [1.165, 1.54) is 0 Å². The van der Waals surface area contributed by atoms with Crippen LogP contribution in [0.1, 0.15) is 12.8 Å². The predicted octanol–water partition coefficient (Wildman–Crippen LogP) is 1.56. The third-order valence-corrected chi connectivity index (χ3v) is 2.70. The van der Waals surface area contributed by atoms with Gasteiger partial charge >= 0.3 is 0 Å². The molecule has 0 spiro atoms. The number of nitrogens with zero attached hydrogens (tertiary/aromatic N) is 1. The van der Waals surface area contributed by atoms with Crippen LogP contribution >= 0.6 is 0 Å². The molecule has 0 atom stereocenters. The Morgan fingerprint density at radius 3 is 2.29 bits per heavy atom. The second-order valence-electron chi connectivity index (χ2n) is 3.77. The summed E-state index contributed by atoms with van der Waals surface area (Å²) in [7, 11) is 0. The second-order valence-corrected chi connectivity index (χ2v) is 3.77. The summed E-state index contributed by atoms with van der Waals surface area (Å²) >= 11 is 0. The fourth-order valence-corrected chi connectivity index (χ4v) is 1.80. The molecule has 75 valence electrons. The Hall–Kier alpha value is -1.22. The molecule has 1 aromatic carbocycles. The van der Waals surface area contributed by atoms with Gasteiger partial charge in [0, 0.05) is 18.8 Å². The zero-order chi connectivity index (χ0) is 9.97. The first kappa shape index (κ1) is 9.34. The molecule has 0 saturated carbocycles. The van der Waals surface area contributed by atoms with Gasteiger partial charge in [0.2, 0.25) is 0 Å². The van der Waals surface area contributed by atoms with Crippen molar-refractivity contribution in [1.82, 2.24) is 5.73 Å². The lowest BCUT2D eigenvalue weighted by molar-refractivity contribution is 0.145. The fraction of sp³-hybridized carbons (Fsp3) is 0.455. The monoisotopic (exact) mass is 191 g/mol. The molecule has 0 aliphatic carbocycles. The second kappa shape index (κ2) is 3.88. The van der Waals surface area contributed by atoms with E-state index in [1.807, 2.05) is 12.1 Å². The molecule has 14 heavy (non-hydrogen) atoms. The summed E-state index contributed by atoms with van der Waals surface area (Å²) in [6.07, 6.45) is 1.58. The lowest BCUT2D eigenvalue weighted by atomic mass is 10.1. The van der Waals surface area contributed by atoms with Crippen LogP contribution in [0.3, 0.4) is 0 Å². The standard InChI is InChI=1S/C11H15N2O/c12-9-1-3-10(4-2-9)13-7-5-11(14)6-8-13/h1-4,11-12,14H,5-8H2. The van der Waals surface area contributed by atoms with Gasteiger partial charge in [-0.1, -0.05) is 0 Å². The highest BCUT2D eigenvalue weighted by atomic mass is 16.3. The summed E-state index contributed by atoms with van der Waals surface area (Å²) in [5.74, 6) is 0. The van der Waals surface area contributed by atoms with Crippen LogP contribution in [0.4, 0.5) is 11.4 Å². The van der Waals surface area contributed by atoms with Crippen molar-refractivity contribution in [3.05, 3.63) is 24.3 Å². The Morgan fingerprint density at radius 2 is 1.71 bits per heavy atom. The van der Waals surface area contributed by atoms with Gasteiger partial charge in [0.15, 0.2) is 0 Å². The first-order valence-corrected chi connectivity index (χ1v) is 5.00. The minimum absolute atomic E-state index is 0.123. The molecule has 3 heteroatoms. The van der Waals surface area contributed by atoms with Gasteiger partial charge in [0.05, 0.1) is 11.8 Å². The average molecular weight is 191 g/mol. The molecule has 3 nitrogen and oxygen atoms in total. The highest BCUT2D eigenvalue weighted by Crippen LogP contribution is 2.21. The Kier molecular flexibility index (Phi) is 2.59. The summed E-state index contributed by atoms with van der Waals surface area (Å²) in [5, 5.41) is 9.36. The summed E-state index contributed by atoms with van der Waals surface area (Å²) in [5.41, 5.74) is 9.09. The molecule has 0 unspecified atom stereocenters. The van der Waals surface area contributed by atoms with E-state index in [0.29, 0.717) is 5.69 Å². The lowest BCUT2D eigenvalue weighted by Crippen LogP contribution is -2.35. The van der Waals surface area contributed by atoms with E-state index in [2.05, 4.69) is 4.90 Å². The molecule has 0 amide bonds. The quantitative estimate of drug-likeness (QED) is 0.732. The maximum atomic E-state index is 9.36. The number of aliphatic hydroxyl groups is 1.